The molecular weight excluding hydrogens is 322 g/mol. The molecule has 2 aliphatic carbocycles. The number of nitrogens with zero attached hydrogens (tertiary/aromatic N) is 1. The first-order valence-corrected chi connectivity index (χ1v) is 11.4. The number of sulfonamides is 1. The van der Waals surface area contributed by atoms with Crippen molar-refractivity contribution in [2.24, 2.45) is 22.7 Å². The van der Waals surface area contributed by atoms with Crippen LogP contribution in [0.4, 0.5) is 0 Å². The molecule has 5 heteroatoms. The van der Waals surface area contributed by atoms with Gasteiger partial charge in [-0.1, -0.05) is 47.0 Å². The summed E-state index contributed by atoms with van der Waals surface area (Å²) in [6, 6.07) is -0.0765. The minimum atomic E-state index is -3.45. The van der Waals surface area contributed by atoms with Crippen LogP contribution in [0, 0.1) is 22.7 Å². The molecule has 1 spiro atoms. The maximum absolute atomic E-state index is 13.0. The second kappa shape index (κ2) is 6.00. The van der Waals surface area contributed by atoms with Crippen LogP contribution < -0.4 is 0 Å². The third-order valence-electron chi connectivity index (χ3n) is 7.66. The maximum Gasteiger partial charge on any atom is 0.238 e. The third-order valence-corrected chi connectivity index (χ3v) is 9.60. The van der Waals surface area contributed by atoms with Gasteiger partial charge in [-0.3, -0.25) is 4.79 Å². The standard InChI is InChI=1S/C19H33NO3S/c1-5-7-8-14(6-2)11-17(21)20-16-12-15-9-10-19(16,18(15,3)4)13-24(20,22)23/h14-16H,5-13H2,1-4H3. The summed E-state index contributed by atoms with van der Waals surface area (Å²) in [6.07, 6.45) is 7.56. The van der Waals surface area contributed by atoms with Gasteiger partial charge in [0, 0.05) is 11.8 Å². The van der Waals surface area contributed by atoms with Gasteiger partial charge in [0.15, 0.2) is 0 Å². The highest BCUT2D eigenvalue weighted by Gasteiger charge is 2.72. The monoisotopic (exact) mass is 355 g/mol. The fourth-order valence-corrected chi connectivity index (χ4v) is 8.46. The van der Waals surface area contributed by atoms with Crippen LogP contribution in [-0.4, -0.2) is 30.4 Å². The van der Waals surface area contributed by atoms with Crippen LogP contribution in [0.2, 0.25) is 0 Å². The van der Waals surface area contributed by atoms with E-state index in [9.17, 15) is 13.2 Å². The lowest BCUT2D eigenvalue weighted by molar-refractivity contribution is -0.130. The Morgan fingerprint density at radius 1 is 1.29 bits per heavy atom. The van der Waals surface area contributed by atoms with Crippen molar-refractivity contribution >= 4 is 15.9 Å². The van der Waals surface area contributed by atoms with E-state index in [1.165, 1.54) is 4.31 Å². The van der Waals surface area contributed by atoms with E-state index >= 15 is 0 Å². The van der Waals surface area contributed by atoms with Crippen LogP contribution in [0.3, 0.4) is 0 Å². The average molecular weight is 356 g/mol. The molecule has 0 aromatic heterocycles. The zero-order chi connectivity index (χ0) is 17.8. The van der Waals surface area contributed by atoms with Gasteiger partial charge in [0.2, 0.25) is 15.9 Å². The summed E-state index contributed by atoms with van der Waals surface area (Å²) in [5.41, 5.74) is -0.163. The molecule has 0 aromatic carbocycles. The van der Waals surface area contributed by atoms with Crippen molar-refractivity contribution in [3.63, 3.8) is 0 Å². The Morgan fingerprint density at radius 2 is 2.00 bits per heavy atom. The molecule has 1 saturated heterocycles. The molecule has 3 rings (SSSR count). The smallest absolute Gasteiger partial charge is 0.238 e. The summed E-state index contributed by atoms with van der Waals surface area (Å²) in [4.78, 5) is 13.0. The Labute approximate surface area is 147 Å². The van der Waals surface area contributed by atoms with E-state index in [1.54, 1.807) is 0 Å². The van der Waals surface area contributed by atoms with E-state index in [0.717, 1.165) is 44.9 Å². The molecule has 2 bridgehead atoms. The third kappa shape index (κ3) is 2.45. The minimum absolute atomic E-state index is 0.0339. The topological polar surface area (TPSA) is 54.5 Å². The molecule has 2 saturated carbocycles. The SMILES string of the molecule is CCCCC(CC)CC(=O)N1C2CC3CCC2(CS1(=O)=O)C3(C)C. The number of unbranched alkanes of at least 4 members (excludes halogenated alkanes) is 1. The fraction of sp³-hybridized carbons (Fsp3) is 0.947. The van der Waals surface area contributed by atoms with Crippen molar-refractivity contribution in [2.45, 2.75) is 85.1 Å². The highest BCUT2D eigenvalue weighted by atomic mass is 32.2. The molecule has 0 aromatic rings. The molecule has 4 unspecified atom stereocenters. The van der Waals surface area contributed by atoms with Gasteiger partial charge in [0.1, 0.15) is 0 Å². The zero-order valence-electron chi connectivity index (χ0n) is 15.7. The zero-order valence-corrected chi connectivity index (χ0v) is 16.5. The number of amides is 1. The summed E-state index contributed by atoms with van der Waals surface area (Å²) in [7, 11) is -3.45. The summed E-state index contributed by atoms with van der Waals surface area (Å²) in [5.74, 6) is 0.931. The minimum Gasteiger partial charge on any atom is -0.274 e. The van der Waals surface area contributed by atoms with E-state index < -0.39 is 10.0 Å². The van der Waals surface area contributed by atoms with Gasteiger partial charge in [-0.2, -0.15) is 0 Å². The second-order valence-corrected chi connectivity index (χ2v) is 10.8. The normalized spacial score (nSPS) is 36.8. The van der Waals surface area contributed by atoms with Crippen LogP contribution in [0.15, 0.2) is 0 Å². The molecule has 3 aliphatic rings. The lowest BCUT2D eigenvalue weighted by atomic mass is 9.69. The van der Waals surface area contributed by atoms with Gasteiger partial charge in [-0.15, -0.1) is 0 Å². The van der Waals surface area contributed by atoms with Crippen LogP contribution in [-0.2, 0) is 14.8 Å². The van der Waals surface area contributed by atoms with Crippen LogP contribution >= 0.6 is 0 Å². The molecule has 0 radical (unpaired) electrons. The predicted octanol–water partition coefficient (Wildman–Crippen LogP) is 3.96. The lowest BCUT2D eigenvalue weighted by Crippen LogP contribution is -2.44. The van der Waals surface area contributed by atoms with E-state index in [1.807, 2.05) is 0 Å². The van der Waals surface area contributed by atoms with Crippen molar-refractivity contribution in [1.82, 2.24) is 4.31 Å². The van der Waals surface area contributed by atoms with E-state index in [-0.39, 0.29) is 28.5 Å². The second-order valence-electron chi connectivity index (χ2n) is 8.93. The van der Waals surface area contributed by atoms with Gasteiger partial charge in [-0.25, -0.2) is 12.7 Å². The highest BCUT2D eigenvalue weighted by Crippen LogP contribution is 2.70. The van der Waals surface area contributed by atoms with E-state index in [0.29, 0.717) is 18.3 Å². The molecule has 0 N–H and O–H groups in total. The van der Waals surface area contributed by atoms with Crippen LogP contribution in [0.1, 0.15) is 79.1 Å². The molecule has 3 fully saturated rings. The number of hydrogen-bond donors (Lipinski definition) is 0. The Balaban J connectivity index is 1.82. The van der Waals surface area contributed by atoms with Crippen LogP contribution in [0.5, 0.6) is 0 Å². The van der Waals surface area contributed by atoms with E-state index in [2.05, 4.69) is 27.7 Å². The van der Waals surface area contributed by atoms with Gasteiger partial charge >= 0.3 is 0 Å². The maximum atomic E-state index is 13.0. The van der Waals surface area contributed by atoms with Crippen molar-refractivity contribution in [1.29, 1.82) is 0 Å². The molecule has 4 nitrogen and oxygen atoms in total. The Bertz CT molecular complexity index is 612. The molecule has 1 heterocycles. The fourth-order valence-electron chi connectivity index (χ4n) is 5.90. The Hall–Kier alpha value is -0.580. The van der Waals surface area contributed by atoms with Crippen LogP contribution in [0.25, 0.3) is 0 Å². The number of hydrogen-bond acceptors (Lipinski definition) is 3. The molecule has 4 atom stereocenters. The van der Waals surface area contributed by atoms with E-state index in [4.69, 9.17) is 0 Å². The number of rotatable bonds is 6. The lowest BCUT2D eigenvalue weighted by Gasteiger charge is -2.37. The molecule has 24 heavy (non-hydrogen) atoms. The molecule has 138 valence electrons. The Morgan fingerprint density at radius 3 is 2.58 bits per heavy atom. The molecule has 1 aliphatic heterocycles. The average Bonchev–Trinajstić information content (AvgIpc) is 2.98. The summed E-state index contributed by atoms with van der Waals surface area (Å²) in [6.45, 7) is 8.71. The van der Waals surface area contributed by atoms with Gasteiger partial charge in [-0.05, 0) is 42.9 Å². The first kappa shape index (κ1) is 18.2. The summed E-state index contributed by atoms with van der Waals surface area (Å²) >= 11 is 0. The Kier molecular flexibility index (Phi) is 4.55. The van der Waals surface area contributed by atoms with Crippen molar-refractivity contribution in [2.75, 3.05) is 5.75 Å². The molecule has 1 amide bonds. The van der Waals surface area contributed by atoms with Gasteiger partial charge < -0.3 is 0 Å². The number of fused-ring (bicyclic) bond motifs is 1. The summed E-state index contributed by atoms with van der Waals surface area (Å²) in [5, 5.41) is 0. The van der Waals surface area contributed by atoms with Crippen molar-refractivity contribution in [3.05, 3.63) is 0 Å². The van der Waals surface area contributed by atoms with Crippen molar-refractivity contribution < 1.29 is 13.2 Å². The molecular formula is C19H33NO3S. The van der Waals surface area contributed by atoms with Crippen molar-refractivity contribution in [3.8, 4) is 0 Å². The van der Waals surface area contributed by atoms with Gasteiger partial charge in [0.05, 0.1) is 11.8 Å². The highest BCUT2D eigenvalue weighted by molar-refractivity contribution is 7.90. The van der Waals surface area contributed by atoms with Gasteiger partial charge in [0.25, 0.3) is 0 Å². The quantitative estimate of drug-likeness (QED) is 0.724. The summed E-state index contributed by atoms with van der Waals surface area (Å²) < 4.78 is 27.1. The first-order chi connectivity index (χ1) is 11.2. The first-order valence-electron chi connectivity index (χ1n) is 9.74. The predicted molar refractivity (Wildman–Crippen MR) is 95.9 cm³/mol. The number of carbonyl (C=O) groups excluding carboxylic acids is 1. The number of carbonyl (C=O) groups is 1. The largest absolute Gasteiger partial charge is 0.274 e.